The van der Waals surface area contributed by atoms with E-state index in [-0.39, 0.29) is 19.0 Å². The second kappa shape index (κ2) is 6.22. The Balaban J connectivity index is 1.68. The number of fused-ring (bicyclic) bond motifs is 1. The monoisotopic (exact) mass is 336 g/mol. The van der Waals surface area contributed by atoms with E-state index in [4.69, 9.17) is 4.74 Å². The average molecular weight is 336 g/mol. The highest BCUT2D eigenvalue weighted by molar-refractivity contribution is 5.87. The zero-order valence-corrected chi connectivity index (χ0v) is 13.0. The smallest absolute Gasteiger partial charge is 0.271 e. The van der Waals surface area contributed by atoms with Crippen LogP contribution in [0, 0.1) is 0 Å². The number of hydrogen-bond acceptors (Lipinski definition) is 3. The van der Waals surface area contributed by atoms with Crippen LogP contribution in [0.1, 0.15) is 12.0 Å². The second-order valence-electron chi connectivity index (χ2n) is 5.98. The van der Waals surface area contributed by atoms with Crippen molar-refractivity contribution in [2.24, 2.45) is 0 Å². The highest BCUT2D eigenvalue weighted by atomic mass is 19.3. The van der Waals surface area contributed by atoms with E-state index in [1.54, 1.807) is 6.07 Å². The van der Waals surface area contributed by atoms with Crippen molar-refractivity contribution < 1.29 is 23.1 Å². The van der Waals surface area contributed by atoms with Crippen molar-refractivity contribution in [3.63, 3.8) is 0 Å². The van der Waals surface area contributed by atoms with E-state index < -0.39 is 30.4 Å². The highest BCUT2D eigenvalue weighted by Gasteiger charge is 2.47. The summed E-state index contributed by atoms with van der Waals surface area (Å²) in [6.07, 6.45) is 0.157. The van der Waals surface area contributed by atoms with Gasteiger partial charge in [0.1, 0.15) is 11.8 Å². The summed E-state index contributed by atoms with van der Waals surface area (Å²) in [6, 6.07) is 5.90. The van der Waals surface area contributed by atoms with Gasteiger partial charge >= 0.3 is 0 Å². The van der Waals surface area contributed by atoms with Gasteiger partial charge in [-0.15, -0.1) is 0 Å². The molecule has 7 heteroatoms. The maximum atomic E-state index is 14.0. The molecule has 0 saturated carbocycles. The molecule has 1 fully saturated rings. The van der Waals surface area contributed by atoms with Crippen LogP contribution < -0.4 is 10.1 Å². The fourth-order valence-corrected chi connectivity index (χ4v) is 3.01. The van der Waals surface area contributed by atoms with E-state index in [0.717, 1.165) is 11.6 Å². The molecule has 2 unspecified atom stereocenters. The number of ether oxygens (including phenoxy) is 1. The third-order valence-electron chi connectivity index (χ3n) is 4.36. The van der Waals surface area contributed by atoms with Gasteiger partial charge in [0, 0.05) is 25.9 Å². The molecule has 128 valence electrons. The Hall–Kier alpha value is -2.44. The molecule has 2 amide bonds. The SMILES string of the molecule is C=CC(=O)NC1CN(C(=O)C2Cc3ccccc3O2)CCC1(F)F. The normalized spacial score (nSPS) is 24.7. The van der Waals surface area contributed by atoms with Crippen molar-refractivity contribution in [1.29, 1.82) is 0 Å². The number of amides is 2. The summed E-state index contributed by atoms with van der Waals surface area (Å²) in [6.45, 7) is 2.94. The molecule has 24 heavy (non-hydrogen) atoms. The zero-order valence-electron chi connectivity index (χ0n) is 13.0. The summed E-state index contributed by atoms with van der Waals surface area (Å²) >= 11 is 0. The first-order valence-corrected chi connectivity index (χ1v) is 7.75. The number of benzene rings is 1. The van der Waals surface area contributed by atoms with Crippen molar-refractivity contribution in [3.8, 4) is 5.75 Å². The van der Waals surface area contributed by atoms with Gasteiger partial charge in [0.15, 0.2) is 6.10 Å². The van der Waals surface area contributed by atoms with E-state index >= 15 is 0 Å². The quantitative estimate of drug-likeness (QED) is 0.852. The lowest BCUT2D eigenvalue weighted by atomic mass is 9.99. The van der Waals surface area contributed by atoms with Gasteiger partial charge in [-0.05, 0) is 17.7 Å². The second-order valence-corrected chi connectivity index (χ2v) is 5.98. The molecule has 2 aliphatic rings. The predicted octanol–water partition coefficient (Wildman–Crippen LogP) is 1.53. The minimum absolute atomic E-state index is 0.0670. The molecule has 2 heterocycles. The number of carbonyl (C=O) groups excluding carboxylic acids is 2. The summed E-state index contributed by atoms with van der Waals surface area (Å²) < 4.78 is 33.6. The van der Waals surface area contributed by atoms with Crippen molar-refractivity contribution in [1.82, 2.24) is 10.2 Å². The van der Waals surface area contributed by atoms with Crippen LogP contribution in [-0.4, -0.2) is 47.9 Å². The molecule has 1 saturated heterocycles. The first-order valence-electron chi connectivity index (χ1n) is 7.75. The molecular weight excluding hydrogens is 318 g/mol. The Kier molecular flexibility index (Phi) is 4.26. The zero-order chi connectivity index (χ0) is 17.3. The molecule has 1 aromatic carbocycles. The number of rotatable bonds is 3. The summed E-state index contributed by atoms with van der Waals surface area (Å²) in [7, 11) is 0. The van der Waals surface area contributed by atoms with Crippen LogP contribution in [0.15, 0.2) is 36.9 Å². The topological polar surface area (TPSA) is 58.6 Å². The number of halogens is 2. The number of likely N-dealkylation sites (tertiary alicyclic amines) is 1. The molecule has 1 N–H and O–H groups in total. The molecule has 0 radical (unpaired) electrons. The van der Waals surface area contributed by atoms with E-state index in [9.17, 15) is 18.4 Å². The van der Waals surface area contributed by atoms with Gasteiger partial charge in [-0.2, -0.15) is 0 Å². The van der Waals surface area contributed by atoms with Crippen molar-refractivity contribution in [2.45, 2.75) is 30.9 Å². The molecule has 0 aromatic heterocycles. The van der Waals surface area contributed by atoms with Crippen molar-refractivity contribution >= 4 is 11.8 Å². The fraction of sp³-hybridized carbons (Fsp3) is 0.412. The average Bonchev–Trinajstić information content (AvgIpc) is 3.00. The third kappa shape index (κ3) is 3.11. The molecule has 2 aliphatic heterocycles. The number of nitrogens with zero attached hydrogens (tertiary/aromatic N) is 1. The molecule has 3 rings (SSSR count). The van der Waals surface area contributed by atoms with E-state index in [1.807, 2.05) is 18.2 Å². The number of para-hydroxylation sites is 1. The Labute approximate surface area is 138 Å². The predicted molar refractivity (Wildman–Crippen MR) is 82.8 cm³/mol. The molecule has 0 bridgehead atoms. The first kappa shape index (κ1) is 16.4. The molecule has 0 aliphatic carbocycles. The lowest BCUT2D eigenvalue weighted by Gasteiger charge is -2.39. The minimum Gasteiger partial charge on any atom is -0.480 e. The van der Waals surface area contributed by atoms with Crippen LogP contribution >= 0.6 is 0 Å². The number of alkyl halides is 2. The summed E-state index contributed by atoms with van der Waals surface area (Å²) in [5.74, 6) is -3.43. The van der Waals surface area contributed by atoms with Crippen LogP contribution in [0.25, 0.3) is 0 Å². The first-order chi connectivity index (χ1) is 11.4. The number of piperidine rings is 1. The Bertz CT molecular complexity index is 653. The van der Waals surface area contributed by atoms with Crippen LogP contribution in [-0.2, 0) is 16.0 Å². The van der Waals surface area contributed by atoms with Gasteiger partial charge in [0.25, 0.3) is 11.8 Å². The van der Waals surface area contributed by atoms with Crippen LogP contribution in [0.2, 0.25) is 0 Å². The maximum Gasteiger partial charge on any atom is 0.271 e. The lowest BCUT2D eigenvalue weighted by molar-refractivity contribution is -0.149. The molecule has 0 spiro atoms. The largest absolute Gasteiger partial charge is 0.480 e. The molecule has 2 atom stereocenters. The minimum atomic E-state index is -3.06. The van der Waals surface area contributed by atoms with E-state index in [0.29, 0.717) is 12.2 Å². The molecule has 5 nitrogen and oxygen atoms in total. The lowest BCUT2D eigenvalue weighted by Crippen LogP contribution is -2.60. The summed E-state index contributed by atoms with van der Waals surface area (Å²) in [5, 5.41) is 2.21. The maximum absolute atomic E-state index is 14.0. The van der Waals surface area contributed by atoms with Crippen LogP contribution in [0.3, 0.4) is 0 Å². The Morgan fingerprint density at radius 1 is 1.38 bits per heavy atom. The van der Waals surface area contributed by atoms with Crippen LogP contribution in [0.4, 0.5) is 8.78 Å². The Morgan fingerprint density at radius 2 is 2.12 bits per heavy atom. The fourth-order valence-electron chi connectivity index (χ4n) is 3.01. The molecular formula is C17H18F2N2O3. The number of carbonyl (C=O) groups is 2. The van der Waals surface area contributed by atoms with Gasteiger partial charge in [0.05, 0.1) is 0 Å². The van der Waals surface area contributed by atoms with Crippen LogP contribution in [0.5, 0.6) is 5.75 Å². The van der Waals surface area contributed by atoms with Gasteiger partial charge in [0.2, 0.25) is 5.91 Å². The van der Waals surface area contributed by atoms with Gasteiger partial charge in [-0.1, -0.05) is 24.8 Å². The van der Waals surface area contributed by atoms with Gasteiger partial charge in [-0.25, -0.2) is 8.78 Å². The summed E-state index contributed by atoms with van der Waals surface area (Å²) in [4.78, 5) is 25.3. The standard InChI is InChI=1S/C17H18F2N2O3/c1-2-15(22)20-14-10-21(8-7-17(14,18)19)16(23)13-9-11-5-3-4-6-12(11)24-13/h2-6,13-14H,1,7-10H2,(H,20,22). The van der Waals surface area contributed by atoms with Gasteiger partial charge in [-0.3, -0.25) is 9.59 Å². The molecule has 1 aromatic rings. The highest BCUT2D eigenvalue weighted by Crippen LogP contribution is 2.32. The van der Waals surface area contributed by atoms with Crippen molar-refractivity contribution in [3.05, 3.63) is 42.5 Å². The van der Waals surface area contributed by atoms with E-state index in [2.05, 4.69) is 11.9 Å². The number of nitrogens with one attached hydrogen (secondary N) is 1. The van der Waals surface area contributed by atoms with Gasteiger partial charge < -0.3 is 15.0 Å². The Morgan fingerprint density at radius 3 is 2.83 bits per heavy atom. The summed E-state index contributed by atoms with van der Waals surface area (Å²) in [5.41, 5.74) is 0.926. The van der Waals surface area contributed by atoms with Crippen molar-refractivity contribution in [2.75, 3.05) is 13.1 Å². The third-order valence-corrected chi connectivity index (χ3v) is 4.36. The van der Waals surface area contributed by atoms with E-state index in [1.165, 1.54) is 4.90 Å². The number of hydrogen-bond donors (Lipinski definition) is 1.